The molecule has 0 aromatic rings. The van der Waals surface area contributed by atoms with Gasteiger partial charge in [0.2, 0.25) is 11.8 Å². The number of ether oxygens (including phenoxy) is 1. The van der Waals surface area contributed by atoms with Crippen molar-refractivity contribution in [1.82, 2.24) is 9.80 Å². The van der Waals surface area contributed by atoms with Crippen LogP contribution in [0.2, 0.25) is 0 Å². The molecule has 0 bridgehead atoms. The van der Waals surface area contributed by atoms with Crippen LogP contribution in [0.1, 0.15) is 25.7 Å². The Hall–Kier alpha value is -0.980. The highest BCUT2D eigenvalue weighted by atomic mass is 16.5. The maximum Gasteiger partial charge on any atom is 0.243 e. The molecule has 0 aromatic heterocycles. The number of nitrogens with zero attached hydrogens (tertiary/aromatic N) is 2. The highest BCUT2D eigenvalue weighted by Gasteiger charge is 2.32. The van der Waals surface area contributed by atoms with Crippen LogP contribution in [0.3, 0.4) is 0 Å². The Morgan fingerprint density at radius 2 is 2.26 bits per heavy atom. The summed E-state index contributed by atoms with van der Waals surface area (Å²) in [5, 5.41) is 0. The quantitative estimate of drug-likeness (QED) is 0.750. The van der Waals surface area contributed by atoms with Crippen LogP contribution < -0.4 is 5.73 Å². The lowest BCUT2D eigenvalue weighted by molar-refractivity contribution is -0.143. The van der Waals surface area contributed by atoms with E-state index in [2.05, 4.69) is 4.90 Å². The molecule has 2 aliphatic rings. The molecule has 6 nitrogen and oxygen atoms in total. The minimum atomic E-state index is -0.0863. The Bertz CT molecular complexity index is 348. The van der Waals surface area contributed by atoms with Gasteiger partial charge in [0.1, 0.15) is 0 Å². The second-order valence-corrected chi connectivity index (χ2v) is 5.28. The van der Waals surface area contributed by atoms with E-state index in [4.69, 9.17) is 10.5 Å². The van der Waals surface area contributed by atoms with E-state index in [0.717, 1.165) is 25.8 Å². The zero-order valence-corrected chi connectivity index (χ0v) is 11.5. The Morgan fingerprint density at radius 3 is 2.84 bits per heavy atom. The van der Waals surface area contributed by atoms with Gasteiger partial charge in [-0.3, -0.25) is 19.4 Å². The summed E-state index contributed by atoms with van der Waals surface area (Å²) in [5.41, 5.74) is 5.78. The van der Waals surface area contributed by atoms with Crippen molar-refractivity contribution in [3.05, 3.63) is 0 Å². The lowest BCUT2D eigenvalue weighted by atomic mass is 9.99. The standard InChI is InChI=1S/C13H23N3O3/c1-19-11-4-6-15(10(7-11)8-14)9-13(18)16-5-2-3-12(16)17/h10-11H,2-9,14H2,1H3. The number of piperidine rings is 1. The zero-order valence-electron chi connectivity index (χ0n) is 11.5. The lowest BCUT2D eigenvalue weighted by Gasteiger charge is -2.38. The smallest absolute Gasteiger partial charge is 0.243 e. The van der Waals surface area contributed by atoms with Gasteiger partial charge in [0.25, 0.3) is 0 Å². The predicted molar refractivity (Wildman–Crippen MR) is 70.4 cm³/mol. The summed E-state index contributed by atoms with van der Waals surface area (Å²) in [7, 11) is 1.71. The Morgan fingerprint density at radius 1 is 1.47 bits per heavy atom. The molecule has 2 heterocycles. The lowest BCUT2D eigenvalue weighted by Crippen LogP contribution is -2.52. The maximum atomic E-state index is 12.1. The third kappa shape index (κ3) is 3.32. The van der Waals surface area contributed by atoms with E-state index in [-0.39, 0.29) is 24.0 Å². The topological polar surface area (TPSA) is 75.9 Å². The summed E-state index contributed by atoms with van der Waals surface area (Å²) in [4.78, 5) is 27.1. The summed E-state index contributed by atoms with van der Waals surface area (Å²) in [5.74, 6) is -0.127. The Balaban J connectivity index is 1.90. The number of hydrogen-bond acceptors (Lipinski definition) is 5. The molecule has 108 valence electrons. The summed E-state index contributed by atoms with van der Waals surface area (Å²) in [6.45, 7) is 2.18. The molecule has 2 N–H and O–H groups in total. The van der Waals surface area contributed by atoms with Crippen LogP contribution in [0.25, 0.3) is 0 Å². The van der Waals surface area contributed by atoms with Crippen LogP contribution in [0.5, 0.6) is 0 Å². The molecule has 0 saturated carbocycles. The van der Waals surface area contributed by atoms with Crippen molar-refractivity contribution in [3.63, 3.8) is 0 Å². The van der Waals surface area contributed by atoms with Crippen LogP contribution in [0, 0.1) is 0 Å². The third-order valence-electron chi connectivity index (χ3n) is 4.11. The molecule has 2 atom stereocenters. The molecule has 0 aromatic carbocycles. The van der Waals surface area contributed by atoms with E-state index < -0.39 is 0 Å². The number of imide groups is 1. The average molecular weight is 269 g/mol. The Kier molecular flexibility index (Phi) is 4.90. The number of carbonyl (C=O) groups excluding carboxylic acids is 2. The number of carbonyl (C=O) groups is 2. The van der Waals surface area contributed by atoms with Gasteiger partial charge in [0.05, 0.1) is 12.6 Å². The van der Waals surface area contributed by atoms with Crippen molar-refractivity contribution in [1.29, 1.82) is 0 Å². The molecule has 2 amide bonds. The highest BCUT2D eigenvalue weighted by molar-refractivity contribution is 5.97. The van der Waals surface area contributed by atoms with Crippen LogP contribution in [0.15, 0.2) is 0 Å². The molecule has 2 aliphatic heterocycles. The first-order chi connectivity index (χ1) is 9.15. The van der Waals surface area contributed by atoms with Gasteiger partial charge in [0.15, 0.2) is 0 Å². The van der Waals surface area contributed by atoms with Crippen LogP contribution >= 0.6 is 0 Å². The van der Waals surface area contributed by atoms with Crippen molar-refractivity contribution in [3.8, 4) is 0 Å². The fraction of sp³-hybridized carbons (Fsp3) is 0.846. The first-order valence-electron chi connectivity index (χ1n) is 6.95. The van der Waals surface area contributed by atoms with Crippen LogP contribution in [0.4, 0.5) is 0 Å². The van der Waals surface area contributed by atoms with E-state index in [1.54, 1.807) is 7.11 Å². The van der Waals surface area contributed by atoms with Gasteiger partial charge in [-0.05, 0) is 19.3 Å². The minimum absolute atomic E-state index is 0.0407. The van der Waals surface area contributed by atoms with Gasteiger partial charge in [-0.1, -0.05) is 0 Å². The van der Waals surface area contributed by atoms with Gasteiger partial charge < -0.3 is 10.5 Å². The number of likely N-dealkylation sites (tertiary alicyclic amines) is 2. The number of rotatable bonds is 4. The van der Waals surface area contributed by atoms with Crippen LogP contribution in [-0.2, 0) is 14.3 Å². The summed E-state index contributed by atoms with van der Waals surface area (Å²) < 4.78 is 5.36. The summed E-state index contributed by atoms with van der Waals surface area (Å²) in [6.07, 6.45) is 3.28. The van der Waals surface area contributed by atoms with Gasteiger partial charge in [-0.2, -0.15) is 0 Å². The fourth-order valence-corrected chi connectivity index (χ4v) is 2.90. The van der Waals surface area contributed by atoms with Gasteiger partial charge in [0, 0.05) is 39.2 Å². The second kappa shape index (κ2) is 6.45. The van der Waals surface area contributed by atoms with E-state index >= 15 is 0 Å². The van der Waals surface area contributed by atoms with Gasteiger partial charge in [-0.25, -0.2) is 0 Å². The highest BCUT2D eigenvalue weighted by Crippen LogP contribution is 2.19. The number of methoxy groups -OCH3 is 1. The van der Waals surface area contributed by atoms with Crippen molar-refractivity contribution in [2.24, 2.45) is 5.73 Å². The van der Waals surface area contributed by atoms with E-state index in [0.29, 0.717) is 26.1 Å². The predicted octanol–water partition coefficient (Wildman–Crippen LogP) is -0.426. The van der Waals surface area contributed by atoms with Crippen molar-refractivity contribution in [2.45, 2.75) is 37.8 Å². The largest absolute Gasteiger partial charge is 0.381 e. The second-order valence-electron chi connectivity index (χ2n) is 5.28. The molecular formula is C13H23N3O3. The maximum absolute atomic E-state index is 12.1. The number of hydrogen-bond donors (Lipinski definition) is 1. The number of amides is 2. The monoisotopic (exact) mass is 269 g/mol. The molecule has 2 rings (SSSR count). The first-order valence-corrected chi connectivity index (χ1v) is 6.95. The zero-order chi connectivity index (χ0) is 13.8. The van der Waals surface area contributed by atoms with Gasteiger partial charge in [-0.15, -0.1) is 0 Å². The SMILES string of the molecule is COC1CCN(CC(=O)N2CCCC2=O)C(CN)C1. The molecule has 0 aliphatic carbocycles. The summed E-state index contributed by atoms with van der Waals surface area (Å²) >= 11 is 0. The average Bonchev–Trinajstić information content (AvgIpc) is 2.85. The third-order valence-corrected chi connectivity index (χ3v) is 4.11. The van der Waals surface area contributed by atoms with Crippen molar-refractivity contribution < 1.29 is 14.3 Å². The molecule has 0 spiro atoms. The number of nitrogens with two attached hydrogens (primary N) is 1. The first kappa shape index (κ1) is 14.4. The molecule has 6 heteroatoms. The molecule has 2 unspecified atom stereocenters. The summed E-state index contributed by atoms with van der Waals surface area (Å²) in [6, 6.07) is 0.167. The van der Waals surface area contributed by atoms with E-state index in [1.165, 1.54) is 4.90 Å². The molecule has 0 radical (unpaired) electrons. The van der Waals surface area contributed by atoms with E-state index in [1.807, 2.05) is 0 Å². The van der Waals surface area contributed by atoms with Gasteiger partial charge >= 0.3 is 0 Å². The van der Waals surface area contributed by atoms with Crippen LogP contribution in [-0.4, -0.2) is 67.0 Å². The molecule has 19 heavy (non-hydrogen) atoms. The fourth-order valence-electron chi connectivity index (χ4n) is 2.90. The minimum Gasteiger partial charge on any atom is -0.381 e. The molecular weight excluding hydrogens is 246 g/mol. The van der Waals surface area contributed by atoms with Crippen molar-refractivity contribution in [2.75, 3.05) is 33.3 Å². The Labute approximate surface area is 113 Å². The van der Waals surface area contributed by atoms with E-state index in [9.17, 15) is 9.59 Å². The van der Waals surface area contributed by atoms with Crippen molar-refractivity contribution >= 4 is 11.8 Å². The normalized spacial score (nSPS) is 28.9. The molecule has 2 saturated heterocycles. The molecule has 2 fully saturated rings.